The second kappa shape index (κ2) is 4.43. The van der Waals surface area contributed by atoms with E-state index in [1.165, 1.54) is 16.7 Å². The van der Waals surface area contributed by atoms with Crippen LogP contribution in [-0.2, 0) is 16.1 Å². The van der Waals surface area contributed by atoms with Gasteiger partial charge in [0.15, 0.2) is 0 Å². The van der Waals surface area contributed by atoms with Crippen LogP contribution in [0, 0.1) is 5.92 Å². The minimum atomic E-state index is -0.0210. The van der Waals surface area contributed by atoms with E-state index in [0.29, 0.717) is 12.2 Å². The smallest absolute Gasteiger partial charge is 0.141 e. The lowest BCUT2D eigenvalue weighted by atomic mass is 9.87. The maximum atomic E-state index is 12.4. The van der Waals surface area contributed by atoms with Gasteiger partial charge in [0.25, 0.3) is 0 Å². The molecule has 0 unspecified atom stereocenters. The fourth-order valence-corrected chi connectivity index (χ4v) is 4.28. The summed E-state index contributed by atoms with van der Waals surface area (Å²) in [6.07, 6.45) is 2.44. The Labute approximate surface area is 129 Å². The molecule has 1 saturated heterocycles. The van der Waals surface area contributed by atoms with Gasteiger partial charge in [0.1, 0.15) is 5.78 Å². The summed E-state index contributed by atoms with van der Waals surface area (Å²) in [7, 11) is 0. The molecule has 0 aromatic heterocycles. The van der Waals surface area contributed by atoms with Crippen molar-refractivity contribution in [2.75, 3.05) is 5.06 Å². The molecule has 2 aliphatic heterocycles. The van der Waals surface area contributed by atoms with E-state index in [2.05, 4.69) is 42.5 Å². The monoisotopic (exact) mass is 291 g/mol. The molecular formula is C19H17NO2. The van der Waals surface area contributed by atoms with Crippen molar-refractivity contribution >= 4 is 11.5 Å². The van der Waals surface area contributed by atoms with E-state index < -0.39 is 0 Å². The van der Waals surface area contributed by atoms with Crippen LogP contribution in [-0.4, -0.2) is 11.9 Å². The van der Waals surface area contributed by atoms with Gasteiger partial charge in [-0.05, 0) is 35.6 Å². The van der Waals surface area contributed by atoms with Crippen LogP contribution in [0.1, 0.15) is 35.6 Å². The minimum absolute atomic E-state index is 0.0210. The number of carbonyl (C=O) groups is 1. The second-order valence-electron chi connectivity index (χ2n) is 6.45. The number of benzene rings is 2. The van der Waals surface area contributed by atoms with Crippen molar-refractivity contribution in [3.8, 4) is 0 Å². The summed E-state index contributed by atoms with van der Waals surface area (Å²) >= 11 is 0. The minimum Gasteiger partial charge on any atom is -0.299 e. The predicted octanol–water partition coefficient (Wildman–Crippen LogP) is 3.43. The van der Waals surface area contributed by atoms with Crippen molar-refractivity contribution in [3.63, 3.8) is 0 Å². The normalized spacial score (nSPS) is 28.6. The number of anilines is 1. The lowest BCUT2D eigenvalue weighted by molar-refractivity contribution is -0.121. The van der Waals surface area contributed by atoms with Crippen molar-refractivity contribution < 1.29 is 9.63 Å². The van der Waals surface area contributed by atoms with Gasteiger partial charge < -0.3 is 0 Å². The second-order valence-corrected chi connectivity index (χ2v) is 6.45. The van der Waals surface area contributed by atoms with Gasteiger partial charge in [-0.2, -0.15) is 0 Å². The largest absolute Gasteiger partial charge is 0.299 e. The van der Waals surface area contributed by atoms with Gasteiger partial charge in [-0.25, -0.2) is 5.06 Å². The molecule has 2 heterocycles. The molecule has 3 aliphatic rings. The number of rotatable bonds is 0. The number of fused-ring (bicyclic) bond motifs is 7. The van der Waals surface area contributed by atoms with Gasteiger partial charge in [0.2, 0.25) is 0 Å². The highest BCUT2D eigenvalue weighted by molar-refractivity contribution is 5.86. The van der Waals surface area contributed by atoms with Gasteiger partial charge >= 0.3 is 0 Å². The van der Waals surface area contributed by atoms with Crippen LogP contribution < -0.4 is 5.06 Å². The molecule has 2 aromatic rings. The Bertz CT molecular complexity index is 770. The van der Waals surface area contributed by atoms with E-state index in [9.17, 15) is 4.79 Å². The zero-order valence-electron chi connectivity index (χ0n) is 12.2. The number of para-hydroxylation sites is 1. The molecule has 3 atom stereocenters. The van der Waals surface area contributed by atoms with Crippen molar-refractivity contribution in [1.82, 2.24) is 0 Å². The Morgan fingerprint density at radius 3 is 2.68 bits per heavy atom. The first-order chi connectivity index (χ1) is 10.8. The van der Waals surface area contributed by atoms with Gasteiger partial charge in [0, 0.05) is 6.42 Å². The third kappa shape index (κ3) is 1.57. The molecule has 1 aliphatic carbocycles. The van der Waals surface area contributed by atoms with Gasteiger partial charge in [-0.1, -0.05) is 42.5 Å². The Morgan fingerprint density at radius 2 is 1.77 bits per heavy atom. The molecule has 2 aromatic carbocycles. The van der Waals surface area contributed by atoms with Crippen molar-refractivity contribution in [2.45, 2.75) is 31.4 Å². The van der Waals surface area contributed by atoms with E-state index in [4.69, 9.17) is 4.84 Å². The van der Waals surface area contributed by atoms with E-state index in [1.54, 1.807) is 0 Å². The number of hydroxylamine groups is 1. The van der Waals surface area contributed by atoms with E-state index in [0.717, 1.165) is 18.5 Å². The number of carbonyl (C=O) groups excluding carboxylic acids is 1. The van der Waals surface area contributed by atoms with Crippen LogP contribution in [0.5, 0.6) is 0 Å². The first-order valence-electron chi connectivity index (χ1n) is 7.97. The fourth-order valence-electron chi connectivity index (χ4n) is 4.28. The van der Waals surface area contributed by atoms with Gasteiger partial charge in [0.05, 0.1) is 23.8 Å². The quantitative estimate of drug-likeness (QED) is 0.745. The van der Waals surface area contributed by atoms with Crippen LogP contribution in [0.4, 0.5) is 5.69 Å². The molecule has 22 heavy (non-hydrogen) atoms. The SMILES string of the molecule is O=C1CC[C@@H]2ON3c4ccccc4Cc4ccccc4[C@H]3[C@H]12. The summed E-state index contributed by atoms with van der Waals surface area (Å²) in [4.78, 5) is 18.7. The number of ketones is 1. The van der Waals surface area contributed by atoms with E-state index in [1.807, 2.05) is 11.1 Å². The molecule has 0 N–H and O–H groups in total. The zero-order chi connectivity index (χ0) is 14.7. The average molecular weight is 291 g/mol. The summed E-state index contributed by atoms with van der Waals surface area (Å²) in [5, 5.41) is 2.02. The van der Waals surface area contributed by atoms with Gasteiger partial charge in [-0.3, -0.25) is 9.63 Å². The average Bonchev–Trinajstić information content (AvgIpc) is 3.05. The van der Waals surface area contributed by atoms with Crippen molar-refractivity contribution in [1.29, 1.82) is 0 Å². The molecule has 0 radical (unpaired) electrons. The highest BCUT2D eigenvalue weighted by Crippen LogP contribution is 2.50. The summed E-state index contributed by atoms with van der Waals surface area (Å²) in [6.45, 7) is 0. The highest BCUT2D eigenvalue weighted by Gasteiger charge is 2.52. The third-order valence-corrected chi connectivity index (χ3v) is 5.27. The predicted molar refractivity (Wildman–Crippen MR) is 83.5 cm³/mol. The summed E-state index contributed by atoms with van der Waals surface area (Å²) in [6, 6.07) is 16.9. The molecular weight excluding hydrogens is 274 g/mol. The van der Waals surface area contributed by atoms with Crippen LogP contribution in [0.3, 0.4) is 0 Å². The lowest BCUT2D eigenvalue weighted by Gasteiger charge is -2.27. The topological polar surface area (TPSA) is 29.5 Å². The number of hydrogen-bond donors (Lipinski definition) is 0. The first kappa shape index (κ1) is 12.4. The number of hydrogen-bond acceptors (Lipinski definition) is 3. The zero-order valence-corrected chi connectivity index (χ0v) is 12.2. The Morgan fingerprint density at radius 1 is 1.00 bits per heavy atom. The molecule has 3 heteroatoms. The van der Waals surface area contributed by atoms with Crippen molar-refractivity contribution in [3.05, 3.63) is 65.2 Å². The third-order valence-electron chi connectivity index (χ3n) is 5.27. The summed E-state index contributed by atoms with van der Waals surface area (Å²) in [5.74, 6) is 0.332. The molecule has 1 saturated carbocycles. The fraction of sp³-hybridized carbons (Fsp3) is 0.316. The Balaban J connectivity index is 1.75. The van der Waals surface area contributed by atoms with Crippen LogP contribution in [0.15, 0.2) is 48.5 Å². The first-order valence-corrected chi connectivity index (χ1v) is 7.97. The highest BCUT2D eigenvalue weighted by atomic mass is 16.7. The standard InChI is InChI=1S/C19H17NO2/c21-16-9-10-17-18(16)19-14-7-3-1-5-12(14)11-13-6-2-4-8-15(13)20(19)22-17/h1-8,17-19H,9-11H2/t17-,18+,19-/m0/s1. The maximum Gasteiger partial charge on any atom is 0.141 e. The van der Waals surface area contributed by atoms with Crippen LogP contribution in [0.25, 0.3) is 0 Å². The molecule has 2 fully saturated rings. The lowest BCUT2D eigenvalue weighted by Crippen LogP contribution is -2.27. The summed E-state index contributed by atoms with van der Waals surface area (Å²) in [5.41, 5.74) is 4.95. The van der Waals surface area contributed by atoms with Crippen LogP contribution in [0.2, 0.25) is 0 Å². The van der Waals surface area contributed by atoms with E-state index in [-0.39, 0.29) is 18.1 Å². The summed E-state index contributed by atoms with van der Waals surface area (Å²) < 4.78 is 0. The molecule has 0 spiro atoms. The maximum absolute atomic E-state index is 12.4. The van der Waals surface area contributed by atoms with Crippen LogP contribution >= 0.6 is 0 Å². The molecule has 110 valence electrons. The van der Waals surface area contributed by atoms with Crippen molar-refractivity contribution in [2.24, 2.45) is 5.92 Å². The van der Waals surface area contributed by atoms with Gasteiger partial charge in [-0.15, -0.1) is 0 Å². The number of nitrogens with zero attached hydrogens (tertiary/aromatic N) is 1. The number of Topliss-reactive ketones (excluding diaryl/α,β-unsaturated/α-hetero) is 1. The van der Waals surface area contributed by atoms with E-state index >= 15 is 0 Å². The molecule has 3 nitrogen and oxygen atoms in total. The Kier molecular flexibility index (Phi) is 2.50. The molecule has 0 bridgehead atoms. The Hall–Kier alpha value is -2.13. The molecule has 0 amide bonds. The molecule has 5 rings (SSSR count).